The van der Waals surface area contributed by atoms with E-state index in [0.29, 0.717) is 0 Å². The third kappa shape index (κ3) is 5.13. The number of halogens is 4. The van der Waals surface area contributed by atoms with Gasteiger partial charge in [-0.3, -0.25) is 4.79 Å². The van der Waals surface area contributed by atoms with E-state index in [9.17, 15) is 22.4 Å². The van der Waals surface area contributed by atoms with E-state index in [1.54, 1.807) is 0 Å². The van der Waals surface area contributed by atoms with Crippen molar-refractivity contribution < 1.29 is 22.4 Å². The zero-order valence-electron chi connectivity index (χ0n) is 9.30. The molecule has 0 heterocycles. The molecule has 18 heavy (non-hydrogen) atoms. The Bertz CT molecular complexity index is 402. The summed E-state index contributed by atoms with van der Waals surface area (Å²) >= 11 is 0. The molecule has 0 radical (unpaired) electrons. The summed E-state index contributed by atoms with van der Waals surface area (Å²) in [7, 11) is 0. The molecule has 0 bridgehead atoms. The van der Waals surface area contributed by atoms with Crippen LogP contribution in [0.1, 0.15) is 12.8 Å². The Morgan fingerprint density at radius 2 is 1.83 bits per heavy atom. The average Bonchev–Trinajstić information content (AvgIpc) is 2.28. The van der Waals surface area contributed by atoms with Crippen molar-refractivity contribution in [3.05, 3.63) is 30.1 Å². The van der Waals surface area contributed by atoms with Gasteiger partial charge in [0.15, 0.2) is 0 Å². The molecular weight excluding hydrogens is 252 g/mol. The summed E-state index contributed by atoms with van der Waals surface area (Å²) in [5, 5.41) is 2.31. The second-order valence-electron chi connectivity index (χ2n) is 3.76. The van der Waals surface area contributed by atoms with Crippen LogP contribution < -0.4 is 11.1 Å². The molecule has 0 aliphatic rings. The number of hydrogen-bond acceptors (Lipinski definition) is 2. The predicted octanol–water partition coefficient (Wildman–Crippen LogP) is 2.43. The molecular formula is C11H12F4N2O. The van der Waals surface area contributed by atoms with Crippen LogP contribution in [-0.4, -0.2) is 18.1 Å². The van der Waals surface area contributed by atoms with E-state index in [1.807, 2.05) is 0 Å². The lowest BCUT2D eigenvalue weighted by Gasteiger charge is -2.13. The number of nitrogens with two attached hydrogens (primary N) is 1. The number of amides is 1. The fourth-order valence-electron chi connectivity index (χ4n) is 1.22. The molecule has 0 spiro atoms. The van der Waals surface area contributed by atoms with Crippen LogP contribution in [0.5, 0.6) is 0 Å². The highest BCUT2D eigenvalue weighted by atomic mass is 19.4. The van der Waals surface area contributed by atoms with Crippen molar-refractivity contribution in [1.29, 1.82) is 0 Å². The topological polar surface area (TPSA) is 55.1 Å². The fraction of sp³-hybridized carbons (Fsp3) is 0.364. The molecule has 1 aromatic carbocycles. The van der Waals surface area contributed by atoms with Crippen molar-refractivity contribution in [3.8, 4) is 0 Å². The Labute approximate surface area is 101 Å². The maximum Gasteiger partial charge on any atom is 0.389 e. The van der Waals surface area contributed by atoms with Gasteiger partial charge < -0.3 is 11.1 Å². The number of rotatable bonds is 4. The molecule has 0 aromatic heterocycles. The van der Waals surface area contributed by atoms with Gasteiger partial charge >= 0.3 is 6.18 Å². The number of alkyl halides is 3. The van der Waals surface area contributed by atoms with E-state index >= 15 is 0 Å². The Morgan fingerprint density at radius 1 is 1.28 bits per heavy atom. The summed E-state index contributed by atoms with van der Waals surface area (Å²) in [5.41, 5.74) is 5.60. The van der Waals surface area contributed by atoms with Crippen molar-refractivity contribution >= 4 is 11.6 Å². The second kappa shape index (κ2) is 5.81. The van der Waals surface area contributed by atoms with Crippen LogP contribution in [0.3, 0.4) is 0 Å². The first kappa shape index (κ1) is 14.4. The Hall–Kier alpha value is -1.63. The zero-order chi connectivity index (χ0) is 13.8. The first-order chi connectivity index (χ1) is 8.28. The van der Waals surface area contributed by atoms with Crippen molar-refractivity contribution in [3.63, 3.8) is 0 Å². The lowest BCUT2D eigenvalue weighted by Crippen LogP contribution is -2.36. The molecule has 1 unspecified atom stereocenters. The Kier molecular flexibility index (Phi) is 4.66. The number of carbonyl (C=O) groups is 1. The molecule has 100 valence electrons. The number of hydrogen-bond donors (Lipinski definition) is 2. The van der Waals surface area contributed by atoms with Crippen molar-refractivity contribution in [2.24, 2.45) is 5.73 Å². The van der Waals surface area contributed by atoms with Gasteiger partial charge in [0.05, 0.1) is 6.04 Å². The smallest absolute Gasteiger partial charge is 0.325 e. The van der Waals surface area contributed by atoms with Crippen LogP contribution in [0.2, 0.25) is 0 Å². The van der Waals surface area contributed by atoms with Crippen molar-refractivity contribution in [2.45, 2.75) is 25.1 Å². The molecule has 1 rings (SSSR count). The van der Waals surface area contributed by atoms with Crippen LogP contribution in [0, 0.1) is 5.82 Å². The molecule has 1 atom stereocenters. The molecule has 0 aliphatic heterocycles. The Morgan fingerprint density at radius 3 is 2.33 bits per heavy atom. The maximum absolute atomic E-state index is 12.6. The summed E-state index contributed by atoms with van der Waals surface area (Å²) in [4.78, 5) is 11.4. The molecule has 3 nitrogen and oxygen atoms in total. The third-order valence-electron chi connectivity index (χ3n) is 2.19. The van der Waals surface area contributed by atoms with Gasteiger partial charge in [0.2, 0.25) is 5.91 Å². The van der Waals surface area contributed by atoms with E-state index < -0.39 is 36.8 Å². The molecule has 0 fully saturated rings. The minimum absolute atomic E-state index is 0.281. The minimum atomic E-state index is -4.34. The minimum Gasteiger partial charge on any atom is -0.325 e. The molecule has 1 aromatic rings. The van der Waals surface area contributed by atoms with Crippen LogP contribution in [-0.2, 0) is 4.79 Å². The van der Waals surface area contributed by atoms with Crippen LogP contribution >= 0.6 is 0 Å². The summed E-state index contributed by atoms with van der Waals surface area (Å²) in [5.74, 6) is -1.21. The van der Waals surface area contributed by atoms with Crippen molar-refractivity contribution in [2.75, 3.05) is 5.32 Å². The largest absolute Gasteiger partial charge is 0.389 e. The molecule has 0 aliphatic carbocycles. The van der Waals surface area contributed by atoms with Gasteiger partial charge in [-0.15, -0.1) is 0 Å². The summed E-state index contributed by atoms with van der Waals surface area (Å²) < 4.78 is 48.3. The van der Waals surface area contributed by atoms with Crippen LogP contribution in [0.4, 0.5) is 23.2 Å². The lowest BCUT2D eigenvalue weighted by atomic mass is 10.1. The number of anilines is 1. The van der Waals surface area contributed by atoms with E-state index in [4.69, 9.17) is 5.73 Å². The molecule has 0 saturated carbocycles. The van der Waals surface area contributed by atoms with Gasteiger partial charge in [-0.1, -0.05) is 0 Å². The number of nitrogens with one attached hydrogen (secondary N) is 1. The number of carbonyl (C=O) groups excluding carboxylic acids is 1. The van der Waals surface area contributed by atoms with E-state index in [2.05, 4.69) is 5.32 Å². The molecule has 0 saturated heterocycles. The van der Waals surface area contributed by atoms with Gasteiger partial charge in [0, 0.05) is 12.1 Å². The third-order valence-corrected chi connectivity index (χ3v) is 2.19. The highest BCUT2D eigenvalue weighted by Crippen LogP contribution is 2.22. The average molecular weight is 264 g/mol. The van der Waals surface area contributed by atoms with Crippen molar-refractivity contribution in [1.82, 2.24) is 0 Å². The zero-order valence-corrected chi connectivity index (χ0v) is 9.30. The molecule has 3 N–H and O–H groups in total. The van der Waals surface area contributed by atoms with Crippen LogP contribution in [0.25, 0.3) is 0 Å². The molecule has 1 amide bonds. The Balaban J connectivity index is 2.47. The maximum atomic E-state index is 12.6. The van der Waals surface area contributed by atoms with Gasteiger partial charge in [-0.05, 0) is 30.7 Å². The molecule has 7 heteroatoms. The normalized spacial score (nSPS) is 13.2. The first-order valence-corrected chi connectivity index (χ1v) is 5.17. The first-order valence-electron chi connectivity index (χ1n) is 5.17. The predicted molar refractivity (Wildman–Crippen MR) is 58.3 cm³/mol. The van der Waals surface area contributed by atoms with Gasteiger partial charge in [-0.2, -0.15) is 13.2 Å². The highest BCUT2D eigenvalue weighted by molar-refractivity contribution is 5.94. The lowest BCUT2D eigenvalue weighted by molar-refractivity contribution is -0.137. The van der Waals surface area contributed by atoms with Crippen LogP contribution in [0.15, 0.2) is 24.3 Å². The highest BCUT2D eigenvalue weighted by Gasteiger charge is 2.29. The SMILES string of the molecule is NC(CCC(F)(F)F)C(=O)Nc1ccc(F)cc1. The summed E-state index contributed by atoms with van der Waals surface area (Å²) in [6, 6.07) is 3.58. The van der Waals surface area contributed by atoms with E-state index in [1.165, 1.54) is 12.1 Å². The fourth-order valence-corrected chi connectivity index (χ4v) is 1.22. The monoisotopic (exact) mass is 264 g/mol. The van der Waals surface area contributed by atoms with E-state index in [-0.39, 0.29) is 5.69 Å². The summed E-state index contributed by atoms with van der Waals surface area (Å²) in [6.07, 6.45) is -5.95. The van der Waals surface area contributed by atoms with Gasteiger partial charge in [0.1, 0.15) is 5.82 Å². The summed E-state index contributed by atoms with van der Waals surface area (Å²) in [6.45, 7) is 0. The van der Waals surface area contributed by atoms with Gasteiger partial charge in [-0.25, -0.2) is 4.39 Å². The van der Waals surface area contributed by atoms with Gasteiger partial charge in [0.25, 0.3) is 0 Å². The number of benzene rings is 1. The quantitative estimate of drug-likeness (QED) is 0.821. The standard InChI is InChI=1S/C11H12F4N2O/c12-7-1-3-8(4-2-7)17-10(18)9(16)5-6-11(13,14)15/h1-4,9H,5-6,16H2,(H,17,18). The second-order valence-corrected chi connectivity index (χ2v) is 3.76. The van der Waals surface area contributed by atoms with E-state index in [0.717, 1.165) is 12.1 Å².